The topological polar surface area (TPSA) is 232 Å². The summed E-state index contributed by atoms with van der Waals surface area (Å²) in [5.74, 6) is -1.62. The summed E-state index contributed by atoms with van der Waals surface area (Å²) in [4.78, 5) is 45.9. The summed E-state index contributed by atoms with van der Waals surface area (Å²) >= 11 is 0. The predicted molar refractivity (Wildman–Crippen MR) is 206 cm³/mol. The van der Waals surface area contributed by atoms with Crippen LogP contribution in [0.3, 0.4) is 0 Å². The summed E-state index contributed by atoms with van der Waals surface area (Å²) in [6.45, 7) is 15.8. The highest BCUT2D eigenvalue weighted by atomic mass is 32.2. The monoisotopic (exact) mass is 795 g/mol. The molecule has 308 valence electrons. The molecule has 0 bridgehead atoms. The van der Waals surface area contributed by atoms with E-state index in [1.54, 1.807) is 91.8 Å². The van der Waals surface area contributed by atoms with Gasteiger partial charge in [0.2, 0.25) is 0 Å². The van der Waals surface area contributed by atoms with E-state index in [2.05, 4.69) is 10.1 Å². The standard InChI is InChI=1S/C15H21NO5.C10H18O5.C7H8O3S.C6H6O.CH4/c1-5-20-13(18)12(10-6-8-11(17)9-7-10)16-14(19)21-15(2,3)4;1-5-14-9(13)7(11)6-8(12)15-10(2,3)4;1-6-2-4-7(5-3-6)11(8,9)10;7-6-4-2-1-3-5-6;/h6-9,12,17H,5H2,1-4H3,(H,16,19);7,11H,5-6H2,1-4H3;2-5H,1H3,(H,8,9,10);1-5,7H;1H4. The van der Waals surface area contributed by atoms with Crippen LogP contribution in [0.1, 0.15) is 86.4 Å². The summed E-state index contributed by atoms with van der Waals surface area (Å²) < 4.78 is 49.1. The van der Waals surface area contributed by atoms with Crippen molar-refractivity contribution < 1.29 is 66.4 Å². The number of ether oxygens (including phenoxy) is 4. The number of carbonyl (C=O) groups is 4. The predicted octanol–water partition coefficient (Wildman–Crippen LogP) is 6.43. The van der Waals surface area contributed by atoms with E-state index in [1.807, 2.05) is 13.0 Å². The molecule has 0 saturated carbocycles. The first kappa shape index (κ1) is 51.9. The summed E-state index contributed by atoms with van der Waals surface area (Å²) in [6.07, 6.45) is -2.54. The fourth-order valence-electron chi connectivity index (χ4n) is 3.60. The lowest BCUT2D eigenvalue weighted by Gasteiger charge is -2.23. The molecule has 5 N–H and O–H groups in total. The number of hydrogen-bond acceptors (Lipinski definition) is 13. The summed E-state index contributed by atoms with van der Waals surface area (Å²) in [5, 5.41) is 29.6. The van der Waals surface area contributed by atoms with Crippen LogP contribution in [-0.2, 0) is 43.4 Å². The van der Waals surface area contributed by atoms with E-state index in [9.17, 15) is 37.8 Å². The number of aromatic hydroxyl groups is 2. The van der Waals surface area contributed by atoms with Gasteiger partial charge < -0.3 is 39.6 Å². The van der Waals surface area contributed by atoms with Crippen molar-refractivity contribution in [2.24, 2.45) is 0 Å². The molecule has 3 aromatic rings. The van der Waals surface area contributed by atoms with E-state index in [0.717, 1.165) is 5.56 Å². The molecule has 0 heterocycles. The van der Waals surface area contributed by atoms with Gasteiger partial charge in [0.1, 0.15) is 22.7 Å². The third kappa shape index (κ3) is 25.5. The second-order valence-electron chi connectivity index (χ2n) is 13.1. The van der Waals surface area contributed by atoms with E-state index < -0.39 is 57.5 Å². The highest BCUT2D eigenvalue weighted by molar-refractivity contribution is 7.85. The number of carbonyl (C=O) groups excluding carboxylic acids is 4. The van der Waals surface area contributed by atoms with Gasteiger partial charge in [-0.25, -0.2) is 14.4 Å². The average molecular weight is 796 g/mol. The van der Waals surface area contributed by atoms with Gasteiger partial charge in [-0.1, -0.05) is 55.5 Å². The number of para-hydroxylation sites is 1. The SMILES string of the molecule is C.CCOC(=O)C(NC(=O)OC(C)(C)C)c1ccc(O)cc1.CCOC(=O)C(O)CC(=O)OC(C)(C)C.Cc1ccc(S(=O)(=O)O)cc1.Oc1ccccc1. The molecule has 1 amide bonds. The number of amides is 1. The lowest BCUT2D eigenvalue weighted by Crippen LogP contribution is -2.38. The third-order valence-corrected chi connectivity index (χ3v) is 6.69. The third-order valence-electron chi connectivity index (χ3n) is 5.82. The molecule has 0 fully saturated rings. The number of hydrogen-bond donors (Lipinski definition) is 5. The normalized spacial score (nSPS) is 11.7. The Labute approximate surface area is 324 Å². The minimum Gasteiger partial charge on any atom is -0.508 e. The van der Waals surface area contributed by atoms with Gasteiger partial charge in [0, 0.05) is 0 Å². The molecule has 2 atom stereocenters. The number of rotatable bonds is 9. The maximum Gasteiger partial charge on any atom is 0.408 e. The van der Waals surface area contributed by atoms with Gasteiger partial charge in [-0.3, -0.25) is 9.35 Å². The van der Waals surface area contributed by atoms with Gasteiger partial charge in [-0.2, -0.15) is 8.42 Å². The number of esters is 3. The summed E-state index contributed by atoms with van der Waals surface area (Å²) in [7, 11) is -4.02. The number of phenols is 2. The second-order valence-corrected chi connectivity index (χ2v) is 14.5. The van der Waals surface area contributed by atoms with E-state index in [4.69, 9.17) is 23.9 Å². The first-order chi connectivity index (χ1) is 24.9. The van der Waals surface area contributed by atoms with Crippen molar-refractivity contribution in [3.05, 3.63) is 90.0 Å². The first-order valence-corrected chi connectivity index (χ1v) is 18.1. The van der Waals surface area contributed by atoms with Crippen molar-refractivity contribution in [2.75, 3.05) is 13.2 Å². The second kappa shape index (κ2) is 25.0. The minimum absolute atomic E-state index is 0. The number of benzene rings is 3. The van der Waals surface area contributed by atoms with Crippen molar-refractivity contribution in [2.45, 2.75) is 104 Å². The van der Waals surface area contributed by atoms with Crippen LogP contribution in [0, 0.1) is 6.92 Å². The molecule has 0 radical (unpaired) electrons. The molecule has 3 rings (SSSR count). The maximum atomic E-state index is 12.0. The number of alkyl carbamates (subject to hydrolysis) is 1. The summed E-state index contributed by atoms with van der Waals surface area (Å²) in [5.41, 5.74) is 0.165. The molecular weight excluding hydrogens is 738 g/mol. The molecule has 0 aliphatic rings. The van der Waals surface area contributed by atoms with Gasteiger partial charge in [-0.15, -0.1) is 0 Å². The molecule has 0 aromatic heterocycles. The molecule has 0 saturated heterocycles. The van der Waals surface area contributed by atoms with Crippen LogP contribution < -0.4 is 5.32 Å². The Balaban J connectivity index is 0. The molecular formula is C39H57NO14S. The van der Waals surface area contributed by atoms with Crippen molar-refractivity contribution in [3.8, 4) is 11.5 Å². The fraction of sp³-hybridized carbons (Fsp3) is 0.436. The molecule has 55 heavy (non-hydrogen) atoms. The van der Waals surface area contributed by atoms with Crippen LogP contribution >= 0.6 is 0 Å². The van der Waals surface area contributed by atoms with Gasteiger partial charge in [0.25, 0.3) is 10.1 Å². The van der Waals surface area contributed by atoms with Gasteiger partial charge >= 0.3 is 24.0 Å². The molecule has 3 aromatic carbocycles. The zero-order valence-electron chi connectivity index (χ0n) is 32.1. The first-order valence-electron chi connectivity index (χ1n) is 16.7. The Morgan fingerprint density at radius 1 is 0.709 bits per heavy atom. The van der Waals surface area contributed by atoms with E-state index in [0.29, 0.717) is 11.3 Å². The Kier molecular flexibility index (Phi) is 23.6. The number of aliphatic hydroxyl groups excluding tert-OH is 1. The summed E-state index contributed by atoms with van der Waals surface area (Å²) in [6, 6.07) is 19.6. The van der Waals surface area contributed by atoms with Crippen molar-refractivity contribution in [1.82, 2.24) is 5.32 Å². The minimum atomic E-state index is -4.02. The number of aliphatic hydroxyl groups is 1. The van der Waals surface area contributed by atoms with Crippen LogP contribution in [0.15, 0.2) is 83.8 Å². The number of aryl methyl sites for hydroxylation is 1. The molecule has 0 aliphatic carbocycles. The molecule has 15 nitrogen and oxygen atoms in total. The van der Waals surface area contributed by atoms with Crippen molar-refractivity contribution >= 4 is 34.1 Å². The Bertz CT molecular complexity index is 1680. The largest absolute Gasteiger partial charge is 0.508 e. The Hall–Kier alpha value is -5.19. The molecule has 16 heteroatoms. The maximum absolute atomic E-state index is 12.0. The van der Waals surface area contributed by atoms with Gasteiger partial charge in [0.15, 0.2) is 12.1 Å². The number of nitrogens with one attached hydrogen (secondary N) is 1. The van der Waals surface area contributed by atoms with Crippen LogP contribution in [-0.4, -0.2) is 82.8 Å². The zero-order chi connectivity index (χ0) is 41.7. The lowest BCUT2D eigenvalue weighted by atomic mass is 10.1. The van der Waals surface area contributed by atoms with E-state index in [-0.39, 0.29) is 37.7 Å². The molecule has 2 unspecified atom stereocenters. The Morgan fingerprint density at radius 2 is 1.16 bits per heavy atom. The highest BCUT2D eigenvalue weighted by Gasteiger charge is 2.27. The van der Waals surface area contributed by atoms with Gasteiger partial charge in [0.05, 0.1) is 24.5 Å². The average Bonchev–Trinajstić information content (AvgIpc) is 3.04. The van der Waals surface area contributed by atoms with Crippen LogP contribution in [0.2, 0.25) is 0 Å². The smallest absolute Gasteiger partial charge is 0.408 e. The fourth-order valence-corrected chi connectivity index (χ4v) is 4.08. The van der Waals surface area contributed by atoms with E-state index in [1.165, 1.54) is 36.4 Å². The highest BCUT2D eigenvalue weighted by Crippen LogP contribution is 2.19. The van der Waals surface area contributed by atoms with Crippen LogP contribution in [0.5, 0.6) is 11.5 Å². The van der Waals surface area contributed by atoms with Crippen molar-refractivity contribution in [3.63, 3.8) is 0 Å². The molecule has 0 aliphatic heterocycles. The van der Waals surface area contributed by atoms with Crippen LogP contribution in [0.4, 0.5) is 4.79 Å². The Morgan fingerprint density at radius 3 is 1.56 bits per heavy atom. The van der Waals surface area contributed by atoms with E-state index >= 15 is 0 Å². The zero-order valence-corrected chi connectivity index (χ0v) is 32.9. The number of phenolic OH excluding ortho intramolecular Hbond substituents is 2. The van der Waals surface area contributed by atoms with Crippen LogP contribution in [0.25, 0.3) is 0 Å². The van der Waals surface area contributed by atoms with Crippen molar-refractivity contribution in [1.29, 1.82) is 0 Å². The lowest BCUT2D eigenvalue weighted by molar-refractivity contribution is -0.165. The quantitative estimate of drug-likeness (QED) is 0.0892. The molecule has 0 spiro atoms. The van der Waals surface area contributed by atoms with Gasteiger partial charge in [-0.05, 0) is 104 Å².